The molecule has 41 heavy (non-hydrogen) atoms. The van der Waals surface area contributed by atoms with E-state index < -0.39 is 0 Å². The molecule has 0 aliphatic carbocycles. The van der Waals surface area contributed by atoms with Crippen LogP contribution in [0.3, 0.4) is 0 Å². The molecule has 6 nitrogen and oxygen atoms in total. The number of hydrogen-bond acceptors (Lipinski definition) is 4. The second-order valence-corrected chi connectivity index (χ2v) is 10.3. The molecule has 0 spiro atoms. The number of aromatic nitrogens is 2. The molecule has 8 heteroatoms. The molecule has 5 aromatic rings. The van der Waals surface area contributed by atoms with Crippen LogP contribution in [0.1, 0.15) is 34.7 Å². The Labute approximate surface area is 244 Å². The lowest BCUT2D eigenvalue weighted by atomic mass is 9.96. The number of aryl methyl sites for hydroxylation is 1. The zero-order chi connectivity index (χ0) is 28.5. The Morgan fingerprint density at radius 1 is 0.829 bits per heavy atom. The van der Waals surface area contributed by atoms with E-state index in [4.69, 9.17) is 21.7 Å². The summed E-state index contributed by atoms with van der Waals surface area (Å²) in [6.45, 7) is 4.10. The highest BCUT2D eigenvalue weighted by atomic mass is 32.1. The van der Waals surface area contributed by atoms with E-state index in [-0.39, 0.29) is 17.9 Å². The maximum absolute atomic E-state index is 14.2. The van der Waals surface area contributed by atoms with Crippen LogP contribution in [0, 0.1) is 19.7 Å². The molecule has 0 saturated carbocycles. The van der Waals surface area contributed by atoms with Gasteiger partial charge in [-0.3, -0.25) is 4.98 Å². The van der Waals surface area contributed by atoms with Crippen molar-refractivity contribution in [2.45, 2.75) is 25.9 Å². The molecule has 2 aromatic heterocycles. The van der Waals surface area contributed by atoms with Crippen molar-refractivity contribution in [1.82, 2.24) is 14.9 Å². The van der Waals surface area contributed by atoms with Crippen LogP contribution >= 0.6 is 12.2 Å². The molecule has 6 rings (SSSR count). The predicted molar refractivity (Wildman–Crippen MR) is 163 cm³/mol. The molecule has 3 aromatic carbocycles. The molecule has 1 aliphatic rings. The number of ether oxygens (including phenoxy) is 2. The Bertz CT molecular complexity index is 1690. The highest BCUT2D eigenvalue weighted by Crippen LogP contribution is 2.44. The molecule has 1 N–H and O–H groups in total. The number of rotatable bonds is 7. The number of benzene rings is 3. The van der Waals surface area contributed by atoms with Gasteiger partial charge in [0, 0.05) is 29.0 Å². The zero-order valence-electron chi connectivity index (χ0n) is 22.9. The molecule has 1 fully saturated rings. The summed E-state index contributed by atoms with van der Waals surface area (Å²) in [6.07, 6.45) is 1.79. The lowest BCUT2D eigenvalue weighted by Crippen LogP contribution is -2.29. The van der Waals surface area contributed by atoms with E-state index in [1.54, 1.807) is 25.4 Å². The monoisotopic (exact) mass is 564 g/mol. The van der Waals surface area contributed by atoms with Crippen LogP contribution in [0.25, 0.3) is 5.69 Å². The molecule has 0 unspecified atom stereocenters. The first-order valence-corrected chi connectivity index (χ1v) is 13.7. The second kappa shape index (κ2) is 11.1. The van der Waals surface area contributed by atoms with Crippen molar-refractivity contribution in [3.63, 3.8) is 0 Å². The van der Waals surface area contributed by atoms with Crippen molar-refractivity contribution < 1.29 is 13.9 Å². The van der Waals surface area contributed by atoms with Crippen LogP contribution in [-0.4, -0.2) is 21.8 Å². The SMILES string of the molecule is COc1ccc(Oc2ccc(N3C(=S)N[C@H](c4ccccn4)[C@H]3c3cc(C)n(-c4cccc(F)c4)c3C)cc2)cc1. The van der Waals surface area contributed by atoms with E-state index in [2.05, 4.69) is 32.8 Å². The van der Waals surface area contributed by atoms with Gasteiger partial charge in [-0.25, -0.2) is 4.39 Å². The van der Waals surface area contributed by atoms with E-state index in [0.717, 1.165) is 45.5 Å². The van der Waals surface area contributed by atoms with Crippen molar-refractivity contribution in [3.8, 4) is 22.9 Å². The fourth-order valence-corrected chi connectivity index (χ4v) is 5.85. The normalized spacial score (nSPS) is 16.5. The van der Waals surface area contributed by atoms with Crippen LogP contribution in [0.4, 0.5) is 10.1 Å². The van der Waals surface area contributed by atoms with Crippen molar-refractivity contribution in [1.29, 1.82) is 0 Å². The maximum atomic E-state index is 14.2. The summed E-state index contributed by atoms with van der Waals surface area (Å²) < 4.78 is 27.5. The predicted octanol–water partition coefficient (Wildman–Crippen LogP) is 7.61. The van der Waals surface area contributed by atoms with Crippen LogP contribution in [0.2, 0.25) is 0 Å². The average molecular weight is 565 g/mol. The van der Waals surface area contributed by atoms with Crippen molar-refractivity contribution >= 4 is 23.0 Å². The fraction of sp³-hybridized carbons (Fsp3) is 0.152. The first-order chi connectivity index (χ1) is 19.9. The summed E-state index contributed by atoms with van der Waals surface area (Å²) in [6, 6.07) is 29.7. The zero-order valence-corrected chi connectivity index (χ0v) is 23.7. The minimum Gasteiger partial charge on any atom is -0.497 e. The summed E-state index contributed by atoms with van der Waals surface area (Å²) in [5.41, 5.74) is 5.67. The molecular weight excluding hydrogens is 535 g/mol. The Kier molecular flexibility index (Phi) is 7.15. The first-order valence-electron chi connectivity index (χ1n) is 13.3. The maximum Gasteiger partial charge on any atom is 0.174 e. The van der Waals surface area contributed by atoms with Crippen LogP contribution in [0.15, 0.2) is 103 Å². The van der Waals surface area contributed by atoms with Crippen LogP contribution in [0.5, 0.6) is 17.2 Å². The number of methoxy groups -OCH3 is 1. The van der Waals surface area contributed by atoms with Gasteiger partial charge in [-0.2, -0.15) is 0 Å². The molecule has 206 valence electrons. The van der Waals surface area contributed by atoms with Crippen LogP contribution < -0.4 is 19.7 Å². The number of anilines is 1. The smallest absolute Gasteiger partial charge is 0.174 e. The molecule has 0 amide bonds. The standard InChI is InChI=1S/C33H29FN4O2S/c1-21-19-29(22(2)37(21)25-8-6-7-23(34)20-25)32-31(30-9-4-5-18-35-30)36-33(41)38(32)24-10-12-27(13-11-24)40-28-16-14-26(39-3)15-17-28/h4-20,31-32H,1-3H3,(H,36,41)/t31-,32-/m1/s1. The Hall–Kier alpha value is -4.69. The molecule has 2 atom stereocenters. The topological polar surface area (TPSA) is 51.6 Å². The minimum absolute atomic E-state index is 0.194. The van der Waals surface area contributed by atoms with E-state index in [9.17, 15) is 4.39 Å². The minimum atomic E-state index is -0.273. The largest absolute Gasteiger partial charge is 0.497 e. The van der Waals surface area contributed by atoms with Gasteiger partial charge >= 0.3 is 0 Å². The Balaban J connectivity index is 1.39. The molecule has 1 saturated heterocycles. The van der Waals surface area contributed by atoms with Gasteiger partial charge in [0.15, 0.2) is 5.11 Å². The number of pyridine rings is 1. The summed E-state index contributed by atoms with van der Waals surface area (Å²) in [4.78, 5) is 6.80. The van der Waals surface area contributed by atoms with E-state index in [0.29, 0.717) is 10.9 Å². The van der Waals surface area contributed by atoms with Crippen LogP contribution in [-0.2, 0) is 0 Å². The van der Waals surface area contributed by atoms with Gasteiger partial charge in [0.2, 0.25) is 0 Å². The molecular formula is C33H29FN4O2S. The number of nitrogens with one attached hydrogen (secondary N) is 1. The lowest BCUT2D eigenvalue weighted by molar-refractivity contribution is 0.413. The highest BCUT2D eigenvalue weighted by molar-refractivity contribution is 7.80. The number of halogens is 1. The average Bonchev–Trinajstić information content (AvgIpc) is 3.49. The molecule has 3 heterocycles. The number of hydrogen-bond donors (Lipinski definition) is 1. The highest BCUT2D eigenvalue weighted by Gasteiger charge is 2.42. The third-order valence-corrected chi connectivity index (χ3v) is 7.68. The van der Waals surface area contributed by atoms with Gasteiger partial charge in [-0.15, -0.1) is 0 Å². The van der Waals surface area contributed by atoms with Gasteiger partial charge in [0.1, 0.15) is 23.1 Å². The third-order valence-electron chi connectivity index (χ3n) is 7.36. The fourth-order valence-electron chi connectivity index (χ4n) is 5.50. The summed E-state index contributed by atoms with van der Waals surface area (Å²) in [5, 5.41) is 4.12. The van der Waals surface area contributed by atoms with E-state index in [1.807, 2.05) is 79.7 Å². The van der Waals surface area contributed by atoms with Gasteiger partial charge in [-0.1, -0.05) is 12.1 Å². The van der Waals surface area contributed by atoms with Crippen molar-refractivity contribution in [2.75, 3.05) is 12.0 Å². The van der Waals surface area contributed by atoms with Gasteiger partial charge in [0.05, 0.1) is 24.9 Å². The molecule has 0 bridgehead atoms. The lowest BCUT2D eigenvalue weighted by Gasteiger charge is -2.28. The third kappa shape index (κ3) is 5.14. The van der Waals surface area contributed by atoms with Crippen molar-refractivity contribution in [3.05, 3.63) is 132 Å². The quantitative estimate of drug-likeness (QED) is 0.205. The summed E-state index contributed by atoms with van der Waals surface area (Å²) >= 11 is 5.92. The summed E-state index contributed by atoms with van der Waals surface area (Å²) in [7, 11) is 1.64. The summed E-state index contributed by atoms with van der Waals surface area (Å²) in [5.74, 6) is 1.92. The van der Waals surface area contributed by atoms with E-state index in [1.165, 1.54) is 6.07 Å². The molecule has 0 radical (unpaired) electrons. The van der Waals surface area contributed by atoms with Gasteiger partial charge in [0.25, 0.3) is 0 Å². The molecule has 1 aliphatic heterocycles. The van der Waals surface area contributed by atoms with Gasteiger partial charge in [-0.05, 0) is 117 Å². The van der Waals surface area contributed by atoms with E-state index >= 15 is 0 Å². The number of thiocarbonyl (C=S) groups is 1. The Morgan fingerprint density at radius 3 is 2.20 bits per heavy atom. The first kappa shape index (κ1) is 26.5. The van der Waals surface area contributed by atoms with Gasteiger partial charge < -0.3 is 24.3 Å². The number of nitrogens with zero attached hydrogens (tertiary/aromatic N) is 3. The second-order valence-electron chi connectivity index (χ2n) is 9.91. The Morgan fingerprint density at radius 2 is 1.54 bits per heavy atom. The van der Waals surface area contributed by atoms with Crippen molar-refractivity contribution in [2.24, 2.45) is 0 Å².